The number of nitro groups is 1. The van der Waals surface area contributed by atoms with E-state index in [1.165, 1.54) is 42.8 Å². The van der Waals surface area contributed by atoms with Gasteiger partial charge in [-0.25, -0.2) is 4.39 Å². The molecule has 0 aliphatic rings. The maximum atomic E-state index is 12.8. The van der Waals surface area contributed by atoms with Crippen molar-refractivity contribution in [3.8, 4) is 0 Å². The quantitative estimate of drug-likeness (QED) is 0.615. The molecule has 0 saturated heterocycles. The van der Waals surface area contributed by atoms with Crippen molar-refractivity contribution in [1.29, 1.82) is 0 Å². The molecule has 1 heterocycles. The minimum atomic E-state index is -0.590. The van der Waals surface area contributed by atoms with Gasteiger partial charge in [0.05, 0.1) is 11.3 Å². The molecule has 2 aromatic rings. The van der Waals surface area contributed by atoms with Crippen LogP contribution in [0.3, 0.4) is 0 Å². The van der Waals surface area contributed by atoms with Gasteiger partial charge in [0.2, 0.25) is 5.91 Å². The third kappa shape index (κ3) is 4.59. The standard InChI is InChI=1S/C15H16FN5O4/c1-9-15(21(24)25)10(2)20(19-9)8-14(23)18-17-13(22)7-11-3-5-12(16)6-4-11/h3-6H,7-8H2,1-2H3,(H,17,22)(H,18,23). The number of benzene rings is 1. The number of hydrogen-bond donors (Lipinski definition) is 2. The normalized spacial score (nSPS) is 10.4. The zero-order valence-corrected chi connectivity index (χ0v) is 13.6. The molecule has 0 aliphatic carbocycles. The van der Waals surface area contributed by atoms with E-state index in [-0.39, 0.29) is 30.0 Å². The van der Waals surface area contributed by atoms with Gasteiger partial charge in [0, 0.05) is 0 Å². The van der Waals surface area contributed by atoms with E-state index >= 15 is 0 Å². The largest absolute Gasteiger partial charge is 0.312 e. The lowest BCUT2D eigenvalue weighted by atomic mass is 10.1. The summed E-state index contributed by atoms with van der Waals surface area (Å²) >= 11 is 0. The Hall–Kier alpha value is -3.30. The van der Waals surface area contributed by atoms with Gasteiger partial charge in [0.25, 0.3) is 5.91 Å². The van der Waals surface area contributed by atoms with Crippen LogP contribution in [0.2, 0.25) is 0 Å². The van der Waals surface area contributed by atoms with Crippen LogP contribution in [0, 0.1) is 29.8 Å². The minimum absolute atomic E-state index is 0.0358. The highest BCUT2D eigenvalue weighted by Crippen LogP contribution is 2.21. The summed E-state index contributed by atoms with van der Waals surface area (Å²) in [4.78, 5) is 34.0. The summed E-state index contributed by atoms with van der Waals surface area (Å²) < 4.78 is 14.0. The van der Waals surface area contributed by atoms with E-state index in [0.717, 1.165) is 0 Å². The Labute approximate surface area is 141 Å². The Balaban J connectivity index is 1.88. The van der Waals surface area contributed by atoms with Crippen molar-refractivity contribution in [2.45, 2.75) is 26.8 Å². The third-order valence-electron chi connectivity index (χ3n) is 3.44. The van der Waals surface area contributed by atoms with E-state index in [1.54, 1.807) is 0 Å². The first kappa shape index (κ1) is 18.0. The van der Waals surface area contributed by atoms with Crippen molar-refractivity contribution >= 4 is 17.5 Å². The number of rotatable bonds is 5. The van der Waals surface area contributed by atoms with Gasteiger partial charge in [-0.05, 0) is 31.5 Å². The molecular weight excluding hydrogens is 333 g/mol. The Morgan fingerprint density at radius 1 is 1.20 bits per heavy atom. The fourth-order valence-corrected chi connectivity index (χ4v) is 2.25. The van der Waals surface area contributed by atoms with Gasteiger partial charge in [0.1, 0.15) is 23.7 Å². The smallest absolute Gasteiger partial charge is 0.273 e. The average Bonchev–Trinajstić information content (AvgIpc) is 2.81. The molecule has 2 N–H and O–H groups in total. The predicted octanol–water partition coefficient (Wildman–Crippen LogP) is 0.937. The SMILES string of the molecule is Cc1nn(CC(=O)NNC(=O)Cc2ccc(F)cc2)c(C)c1[N+](=O)[O-]. The minimum Gasteiger partial charge on any atom is -0.273 e. The maximum Gasteiger partial charge on any atom is 0.312 e. The van der Waals surface area contributed by atoms with Crippen LogP contribution in [-0.4, -0.2) is 26.5 Å². The fraction of sp³-hybridized carbons (Fsp3) is 0.267. The molecular formula is C15H16FN5O4. The molecule has 2 rings (SSSR count). The topological polar surface area (TPSA) is 119 Å². The molecule has 0 aliphatic heterocycles. The van der Waals surface area contributed by atoms with Gasteiger partial charge < -0.3 is 0 Å². The first-order valence-electron chi connectivity index (χ1n) is 7.28. The first-order valence-corrected chi connectivity index (χ1v) is 7.28. The Morgan fingerprint density at radius 3 is 2.36 bits per heavy atom. The number of carbonyl (C=O) groups excluding carboxylic acids is 2. The lowest BCUT2D eigenvalue weighted by Gasteiger charge is -2.08. The summed E-state index contributed by atoms with van der Waals surface area (Å²) in [5.41, 5.74) is 5.32. The molecule has 9 nitrogen and oxygen atoms in total. The van der Waals surface area contributed by atoms with Crippen LogP contribution in [0.5, 0.6) is 0 Å². The number of hydrogen-bond acceptors (Lipinski definition) is 5. The van der Waals surface area contributed by atoms with Crippen molar-refractivity contribution in [2.75, 3.05) is 0 Å². The van der Waals surface area contributed by atoms with Gasteiger partial charge in [0.15, 0.2) is 0 Å². The molecule has 1 aromatic heterocycles. The highest BCUT2D eigenvalue weighted by molar-refractivity contribution is 5.83. The number of nitrogens with zero attached hydrogens (tertiary/aromatic N) is 3. The van der Waals surface area contributed by atoms with Crippen LogP contribution in [0.1, 0.15) is 17.0 Å². The van der Waals surface area contributed by atoms with Crippen LogP contribution >= 0.6 is 0 Å². The average molecular weight is 349 g/mol. The summed E-state index contributed by atoms with van der Waals surface area (Å²) in [7, 11) is 0. The highest BCUT2D eigenvalue weighted by Gasteiger charge is 2.22. The van der Waals surface area contributed by atoms with Crippen molar-refractivity contribution in [1.82, 2.24) is 20.6 Å². The number of hydrazine groups is 1. The van der Waals surface area contributed by atoms with E-state index in [0.29, 0.717) is 5.56 Å². The molecule has 132 valence electrons. The Bertz CT molecular complexity index is 816. The van der Waals surface area contributed by atoms with Gasteiger partial charge in [-0.3, -0.25) is 35.2 Å². The van der Waals surface area contributed by atoms with Crippen molar-refractivity contribution < 1.29 is 18.9 Å². The fourth-order valence-electron chi connectivity index (χ4n) is 2.25. The summed E-state index contributed by atoms with van der Waals surface area (Å²) in [6, 6.07) is 5.39. The monoisotopic (exact) mass is 349 g/mol. The molecule has 0 unspecified atom stereocenters. The molecule has 0 fully saturated rings. The number of halogens is 1. The molecule has 25 heavy (non-hydrogen) atoms. The van der Waals surface area contributed by atoms with Crippen LogP contribution in [0.25, 0.3) is 0 Å². The molecule has 0 atom stereocenters. The van der Waals surface area contributed by atoms with E-state index in [2.05, 4.69) is 16.0 Å². The molecule has 0 saturated carbocycles. The van der Waals surface area contributed by atoms with Gasteiger partial charge in [-0.1, -0.05) is 12.1 Å². The third-order valence-corrected chi connectivity index (χ3v) is 3.44. The van der Waals surface area contributed by atoms with E-state index in [1.807, 2.05) is 0 Å². The Kier molecular flexibility index (Phi) is 5.42. The Morgan fingerprint density at radius 2 is 1.80 bits per heavy atom. The van der Waals surface area contributed by atoms with Gasteiger partial charge in [-0.15, -0.1) is 0 Å². The van der Waals surface area contributed by atoms with Crippen molar-refractivity contribution in [3.05, 3.63) is 57.1 Å². The van der Waals surface area contributed by atoms with Crippen LogP contribution in [0.4, 0.5) is 10.1 Å². The lowest BCUT2D eigenvalue weighted by molar-refractivity contribution is -0.386. The summed E-state index contributed by atoms with van der Waals surface area (Å²) in [6.45, 7) is 2.68. The number of aromatic nitrogens is 2. The predicted molar refractivity (Wildman–Crippen MR) is 84.7 cm³/mol. The van der Waals surface area contributed by atoms with Crippen LogP contribution in [0.15, 0.2) is 24.3 Å². The zero-order chi connectivity index (χ0) is 18.6. The second-order valence-corrected chi connectivity index (χ2v) is 5.33. The maximum absolute atomic E-state index is 12.8. The molecule has 2 amide bonds. The molecule has 0 radical (unpaired) electrons. The first-order chi connectivity index (χ1) is 11.8. The van der Waals surface area contributed by atoms with E-state index in [4.69, 9.17) is 0 Å². The van der Waals surface area contributed by atoms with Gasteiger partial charge in [-0.2, -0.15) is 5.10 Å². The van der Waals surface area contributed by atoms with Crippen molar-refractivity contribution in [3.63, 3.8) is 0 Å². The molecule has 0 spiro atoms. The summed E-state index contributed by atoms with van der Waals surface area (Å²) in [6.07, 6.45) is -0.0358. The number of aryl methyl sites for hydroxylation is 1. The number of carbonyl (C=O) groups is 2. The number of amides is 2. The number of nitrogens with one attached hydrogen (secondary N) is 2. The molecule has 0 bridgehead atoms. The second kappa shape index (κ2) is 7.51. The van der Waals surface area contributed by atoms with Crippen molar-refractivity contribution in [2.24, 2.45) is 0 Å². The van der Waals surface area contributed by atoms with Gasteiger partial charge >= 0.3 is 5.69 Å². The van der Waals surface area contributed by atoms with E-state index in [9.17, 15) is 24.1 Å². The summed E-state index contributed by atoms with van der Waals surface area (Å²) in [5.74, 6) is -1.48. The molecule has 1 aromatic carbocycles. The van der Waals surface area contributed by atoms with Crippen LogP contribution in [-0.2, 0) is 22.6 Å². The summed E-state index contributed by atoms with van der Waals surface area (Å²) in [5, 5.41) is 14.9. The highest BCUT2D eigenvalue weighted by atomic mass is 19.1. The lowest BCUT2D eigenvalue weighted by Crippen LogP contribution is -2.44. The molecule has 10 heteroatoms. The van der Waals surface area contributed by atoms with Crippen LogP contribution < -0.4 is 10.9 Å². The van der Waals surface area contributed by atoms with E-state index < -0.39 is 22.6 Å². The zero-order valence-electron chi connectivity index (χ0n) is 13.6. The second-order valence-electron chi connectivity index (χ2n) is 5.33.